The molecule has 1 aromatic carbocycles. The smallest absolute Gasteiger partial charge is 0.245 e. The van der Waals surface area contributed by atoms with Crippen LogP contribution >= 0.6 is 0 Å². The minimum atomic E-state index is -0.0252. The molecule has 1 amide bonds. The van der Waals surface area contributed by atoms with Gasteiger partial charge in [0.15, 0.2) is 5.65 Å². The highest BCUT2D eigenvalue weighted by atomic mass is 16.5. The molecule has 0 saturated carbocycles. The molecular weight excluding hydrogens is 392 g/mol. The van der Waals surface area contributed by atoms with Crippen LogP contribution in [0.15, 0.2) is 43.0 Å². The Morgan fingerprint density at radius 2 is 2.13 bits per heavy atom. The summed E-state index contributed by atoms with van der Waals surface area (Å²) >= 11 is 0. The summed E-state index contributed by atoms with van der Waals surface area (Å²) in [5, 5.41) is 20.1. The predicted octanol–water partition coefficient (Wildman–Crippen LogP) is 3.73. The number of carbonyl (C=O) groups excluding carboxylic acids is 1. The van der Waals surface area contributed by atoms with Crippen molar-refractivity contribution in [2.45, 2.75) is 31.1 Å². The van der Waals surface area contributed by atoms with Gasteiger partial charge in [-0.1, -0.05) is 18.7 Å². The first-order chi connectivity index (χ1) is 15.2. The molecule has 0 spiro atoms. The van der Waals surface area contributed by atoms with Crippen LogP contribution in [0.2, 0.25) is 0 Å². The zero-order valence-electron chi connectivity index (χ0n) is 17.4. The van der Waals surface area contributed by atoms with Crippen LogP contribution in [0.25, 0.3) is 22.3 Å². The van der Waals surface area contributed by atoms with Crippen LogP contribution in [0.5, 0.6) is 5.75 Å². The molecule has 7 nitrogen and oxygen atoms in total. The average Bonchev–Trinajstić information content (AvgIpc) is 3.44. The van der Waals surface area contributed by atoms with Crippen LogP contribution in [-0.4, -0.2) is 57.4 Å². The number of aromatic hydroxyl groups is 1. The fraction of sp³-hybridized carbons (Fsp3) is 0.375. The third-order valence-corrected chi connectivity index (χ3v) is 6.46. The first kappa shape index (κ1) is 19.8. The number of nitrogens with one attached hydrogen (secondary N) is 1. The molecule has 0 radical (unpaired) electrons. The molecule has 2 aliphatic rings. The van der Waals surface area contributed by atoms with Crippen LogP contribution < -0.4 is 0 Å². The summed E-state index contributed by atoms with van der Waals surface area (Å²) in [5.74, 6) is 0.637. The lowest BCUT2D eigenvalue weighted by atomic mass is 9.87. The Labute approximate surface area is 180 Å². The largest absolute Gasteiger partial charge is 0.507 e. The molecule has 31 heavy (non-hydrogen) atoms. The number of likely N-dealkylation sites (tertiary alicyclic amines) is 1. The summed E-state index contributed by atoms with van der Waals surface area (Å²) in [7, 11) is 0. The van der Waals surface area contributed by atoms with Crippen LogP contribution in [-0.2, 0) is 9.53 Å². The number of aromatic amines is 1. The van der Waals surface area contributed by atoms with E-state index < -0.39 is 0 Å². The maximum absolute atomic E-state index is 12.1. The number of hydrogen-bond acceptors (Lipinski definition) is 5. The molecule has 2 aromatic heterocycles. The molecule has 2 saturated heterocycles. The maximum atomic E-state index is 12.1. The average molecular weight is 418 g/mol. The van der Waals surface area contributed by atoms with Crippen molar-refractivity contribution < 1.29 is 14.6 Å². The van der Waals surface area contributed by atoms with E-state index in [9.17, 15) is 9.90 Å². The van der Waals surface area contributed by atoms with Crippen molar-refractivity contribution in [2.24, 2.45) is 0 Å². The van der Waals surface area contributed by atoms with Gasteiger partial charge in [0.2, 0.25) is 5.91 Å². The second-order valence-electron chi connectivity index (χ2n) is 8.35. The summed E-state index contributed by atoms with van der Waals surface area (Å²) in [6, 6.07) is 9.19. The Kier molecular flexibility index (Phi) is 5.19. The first-order valence-corrected chi connectivity index (χ1v) is 10.8. The lowest BCUT2D eigenvalue weighted by molar-refractivity contribution is -0.125. The van der Waals surface area contributed by atoms with Gasteiger partial charge in [-0.3, -0.25) is 4.79 Å². The summed E-state index contributed by atoms with van der Waals surface area (Å²) in [6.07, 6.45) is 4.35. The van der Waals surface area contributed by atoms with Crippen molar-refractivity contribution >= 4 is 16.9 Å². The van der Waals surface area contributed by atoms with E-state index in [0.717, 1.165) is 49.1 Å². The second-order valence-corrected chi connectivity index (χ2v) is 8.35. The quantitative estimate of drug-likeness (QED) is 0.630. The lowest BCUT2D eigenvalue weighted by Gasteiger charge is -2.24. The topological polar surface area (TPSA) is 91.3 Å². The Bertz CT molecular complexity index is 1130. The second kappa shape index (κ2) is 8.15. The summed E-state index contributed by atoms with van der Waals surface area (Å²) in [5.41, 5.74) is 4.40. The van der Waals surface area contributed by atoms with Gasteiger partial charge in [-0.05, 0) is 49.1 Å². The number of H-pyrrole nitrogens is 1. The number of para-hydroxylation sites is 1. The molecule has 2 fully saturated rings. The summed E-state index contributed by atoms with van der Waals surface area (Å²) in [4.78, 5) is 17.5. The van der Waals surface area contributed by atoms with Gasteiger partial charge < -0.3 is 19.7 Å². The third kappa shape index (κ3) is 3.59. The van der Waals surface area contributed by atoms with E-state index in [-0.39, 0.29) is 23.5 Å². The number of rotatable bonds is 4. The van der Waals surface area contributed by atoms with E-state index in [0.29, 0.717) is 24.4 Å². The van der Waals surface area contributed by atoms with E-state index >= 15 is 0 Å². The van der Waals surface area contributed by atoms with Crippen LogP contribution in [0.1, 0.15) is 42.4 Å². The number of benzene rings is 1. The highest BCUT2D eigenvalue weighted by Crippen LogP contribution is 2.40. The Balaban J connectivity index is 1.61. The molecule has 7 heteroatoms. The molecule has 2 atom stereocenters. The van der Waals surface area contributed by atoms with E-state index in [1.165, 1.54) is 11.6 Å². The van der Waals surface area contributed by atoms with Crippen molar-refractivity contribution in [3.63, 3.8) is 0 Å². The molecule has 0 bridgehead atoms. The number of nitrogens with zero attached hydrogens (tertiary/aromatic N) is 3. The van der Waals surface area contributed by atoms with Crippen LogP contribution in [0.4, 0.5) is 0 Å². The predicted molar refractivity (Wildman–Crippen MR) is 118 cm³/mol. The highest BCUT2D eigenvalue weighted by Gasteiger charge is 2.33. The van der Waals surface area contributed by atoms with Crippen molar-refractivity contribution in [2.75, 3.05) is 26.3 Å². The molecule has 160 valence electrons. The maximum Gasteiger partial charge on any atom is 0.245 e. The number of fused-ring (bicyclic) bond motifs is 1. The third-order valence-electron chi connectivity index (χ3n) is 6.46. The van der Waals surface area contributed by atoms with E-state index in [1.54, 1.807) is 12.1 Å². The number of phenols is 1. The zero-order chi connectivity index (χ0) is 21.4. The molecule has 4 heterocycles. The zero-order valence-corrected chi connectivity index (χ0v) is 17.4. The van der Waals surface area contributed by atoms with E-state index in [2.05, 4.69) is 21.8 Å². The van der Waals surface area contributed by atoms with Gasteiger partial charge in [0.25, 0.3) is 0 Å². The number of aromatic nitrogens is 3. The normalized spacial score (nSPS) is 21.5. The minimum Gasteiger partial charge on any atom is -0.507 e. The first-order valence-electron chi connectivity index (χ1n) is 10.8. The van der Waals surface area contributed by atoms with Gasteiger partial charge in [-0.25, -0.2) is 0 Å². The van der Waals surface area contributed by atoms with E-state index in [4.69, 9.17) is 4.74 Å². The Morgan fingerprint density at radius 1 is 1.26 bits per heavy atom. The molecule has 2 N–H and O–H groups in total. The molecule has 2 aliphatic heterocycles. The van der Waals surface area contributed by atoms with Gasteiger partial charge in [-0.15, -0.1) is 10.2 Å². The summed E-state index contributed by atoms with van der Waals surface area (Å²) < 4.78 is 5.82. The highest BCUT2D eigenvalue weighted by molar-refractivity contribution is 5.88. The Morgan fingerprint density at radius 3 is 2.90 bits per heavy atom. The van der Waals surface area contributed by atoms with Crippen LogP contribution in [0, 0.1) is 0 Å². The molecule has 0 unspecified atom stereocenters. The number of hydrogen-bond donors (Lipinski definition) is 2. The monoisotopic (exact) mass is 418 g/mol. The van der Waals surface area contributed by atoms with Gasteiger partial charge >= 0.3 is 0 Å². The number of phenolic OH excluding ortho intramolecular Hbond substituents is 1. The fourth-order valence-electron chi connectivity index (χ4n) is 4.91. The van der Waals surface area contributed by atoms with Crippen molar-refractivity contribution in [3.05, 3.63) is 54.2 Å². The van der Waals surface area contributed by atoms with Gasteiger partial charge in [0, 0.05) is 48.2 Å². The summed E-state index contributed by atoms with van der Waals surface area (Å²) in [6.45, 7) is 6.48. The molecular formula is C24H26N4O3. The molecule has 0 aliphatic carbocycles. The molecule has 3 aromatic rings. The lowest BCUT2D eigenvalue weighted by Crippen LogP contribution is -2.26. The van der Waals surface area contributed by atoms with Gasteiger partial charge in [-0.2, -0.15) is 0 Å². The number of amides is 1. The van der Waals surface area contributed by atoms with Crippen molar-refractivity contribution in [1.29, 1.82) is 0 Å². The van der Waals surface area contributed by atoms with Gasteiger partial charge in [0.05, 0.1) is 12.3 Å². The number of carbonyl (C=O) groups is 1. The minimum absolute atomic E-state index is 0.0252. The van der Waals surface area contributed by atoms with Gasteiger partial charge in [0.1, 0.15) is 5.75 Å². The van der Waals surface area contributed by atoms with E-state index in [1.807, 2.05) is 23.1 Å². The van der Waals surface area contributed by atoms with Crippen molar-refractivity contribution in [1.82, 2.24) is 20.1 Å². The van der Waals surface area contributed by atoms with Crippen molar-refractivity contribution in [3.8, 4) is 17.0 Å². The number of ether oxygens (including phenoxy) is 1. The standard InChI is InChI=1S/C24H26N4O3/c1-2-21(30)28-10-9-15(13-28)23-22(16-6-5-11-31-14-16)18-12-19(26-27-24(18)25-23)17-7-3-4-8-20(17)29/h2-4,7-8,12,15-16,29H,1,5-6,9-11,13-14H2,(H,25,27)/t15-,16-/m0/s1. The Hall–Kier alpha value is -3.19. The fourth-order valence-corrected chi connectivity index (χ4v) is 4.91. The molecule has 5 rings (SSSR count). The van der Waals surface area contributed by atoms with Crippen LogP contribution in [0.3, 0.4) is 0 Å². The SMILES string of the molecule is C=CC(=O)N1CC[C@H](c2[nH]c3nnc(-c4ccccc4O)cc3c2[C@H]2CCCOC2)C1.